The number of para-hydroxylation sites is 1. The molecule has 1 N–H and O–H groups in total. The van der Waals surface area contributed by atoms with Crippen molar-refractivity contribution in [1.29, 1.82) is 0 Å². The third kappa shape index (κ3) is 1.87. The van der Waals surface area contributed by atoms with E-state index in [4.69, 9.17) is 9.47 Å². The first kappa shape index (κ1) is 9.97. The second-order valence-corrected chi connectivity index (χ2v) is 4.45. The van der Waals surface area contributed by atoms with Crippen LogP contribution in [0.15, 0.2) is 18.2 Å². The molecule has 2 aliphatic rings. The minimum atomic E-state index is 0.659. The molecule has 3 nitrogen and oxygen atoms in total. The van der Waals surface area contributed by atoms with Gasteiger partial charge in [-0.15, -0.1) is 0 Å². The molecule has 3 heteroatoms. The lowest BCUT2D eigenvalue weighted by molar-refractivity contribution is 0.169. The lowest BCUT2D eigenvalue weighted by atomic mass is 9.93. The smallest absolute Gasteiger partial charge is 0.165 e. The highest BCUT2D eigenvalue weighted by Crippen LogP contribution is 2.33. The molecule has 1 aromatic carbocycles. The minimum absolute atomic E-state index is 0.659. The quantitative estimate of drug-likeness (QED) is 0.844. The van der Waals surface area contributed by atoms with Gasteiger partial charge in [0, 0.05) is 18.2 Å². The summed E-state index contributed by atoms with van der Waals surface area (Å²) in [4.78, 5) is 0. The van der Waals surface area contributed by atoms with E-state index in [9.17, 15) is 0 Å². The maximum Gasteiger partial charge on any atom is 0.165 e. The fraction of sp³-hybridized carbons (Fsp3) is 0.538. The van der Waals surface area contributed by atoms with Crippen LogP contribution in [0.25, 0.3) is 0 Å². The van der Waals surface area contributed by atoms with E-state index in [0.29, 0.717) is 19.3 Å². The lowest BCUT2D eigenvalue weighted by Gasteiger charge is -2.27. The van der Waals surface area contributed by atoms with Gasteiger partial charge in [0.25, 0.3) is 0 Å². The summed E-state index contributed by atoms with van der Waals surface area (Å²) in [5.41, 5.74) is 1.21. The Balaban J connectivity index is 1.72. The standard InChI is InChI=1S/C13H17NO2/c1-3-10(9-14-11-4-2-5-11)13-12(6-1)15-7-8-16-13/h1,3,6,11,14H,2,4-5,7-9H2. The van der Waals surface area contributed by atoms with Gasteiger partial charge in [-0.05, 0) is 18.9 Å². The molecule has 0 unspecified atom stereocenters. The Hall–Kier alpha value is -1.22. The molecule has 1 aliphatic carbocycles. The molecule has 0 bridgehead atoms. The van der Waals surface area contributed by atoms with Crippen molar-refractivity contribution in [3.8, 4) is 11.5 Å². The number of fused-ring (bicyclic) bond motifs is 1. The fourth-order valence-corrected chi connectivity index (χ4v) is 2.14. The molecule has 86 valence electrons. The van der Waals surface area contributed by atoms with Crippen molar-refractivity contribution in [2.24, 2.45) is 0 Å². The van der Waals surface area contributed by atoms with E-state index in [1.165, 1.54) is 24.8 Å². The highest BCUT2D eigenvalue weighted by atomic mass is 16.6. The minimum Gasteiger partial charge on any atom is -0.486 e. The Morgan fingerprint density at radius 1 is 1.19 bits per heavy atom. The number of hydrogen-bond acceptors (Lipinski definition) is 3. The highest BCUT2D eigenvalue weighted by Gasteiger charge is 2.19. The molecule has 0 radical (unpaired) electrons. The summed E-state index contributed by atoms with van der Waals surface area (Å²) < 4.78 is 11.2. The van der Waals surface area contributed by atoms with Gasteiger partial charge in [0.05, 0.1) is 0 Å². The molecular formula is C13H17NO2. The third-order valence-electron chi connectivity index (χ3n) is 3.33. The van der Waals surface area contributed by atoms with E-state index >= 15 is 0 Å². The third-order valence-corrected chi connectivity index (χ3v) is 3.33. The van der Waals surface area contributed by atoms with E-state index < -0.39 is 0 Å². The molecule has 0 spiro atoms. The van der Waals surface area contributed by atoms with Gasteiger partial charge in [-0.1, -0.05) is 18.6 Å². The van der Waals surface area contributed by atoms with Crippen LogP contribution < -0.4 is 14.8 Å². The summed E-state index contributed by atoms with van der Waals surface area (Å²) in [6, 6.07) is 6.83. The molecule has 1 fully saturated rings. The zero-order chi connectivity index (χ0) is 10.8. The normalized spacial score (nSPS) is 19.2. The topological polar surface area (TPSA) is 30.5 Å². The second-order valence-electron chi connectivity index (χ2n) is 4.45. The highest BCUT2D eigenvalue weighted by molar-refractivity contribution is 5.47. The van der Waals surface area contributed by atoms with Crippen LogP contribution in [-0.2, 0) is 6.54 Å². The SMILES string of the molecule is c1cc(CNC2CCC2)c2c(c1)OCCO2. The van der Waals surface area contributed by atoms with Crippen LogP contribution >= 0.6 is 0 Å². The second kappa shape index (κ2) is 4.34. The van der Waals surface area contributed by atoms with Crippen molar-refractivity contribution < 1.29 is 9.47 Å². The first-order chi connectivity index (χ1) is 7.93. The number of hydrogen-bond donors (Lipinski definition) is 1. The Kier molecular flexibility index (Phi) is 2.70. The van der Waals surface area contributed by atoms with Gasteiger partial charge in [-0.25, -0.2) is 0 Å². The number of nitrogens with one attached hydrogen (secondary N) is 1. The summed E-state index contributed by atoms with van der Waals surface area (Å²) >= 11 is 0. The van der Waals surface area contributed by atoms with Crippen LogP contribution in [0.5, 0.6) is 11.5 Å². The van der Waals surface area contributed by atoms with Gasteiger partial charge < -0.3 is 14.8 Å². The number of benzene rings is 1. The van der Waals surface area contributed by atoms with Gasteiger partial charge >= 0.3 is 0 Å². The summed E-state index contributed by atoms with van der Waals surface area (Å²) in [6.45, 7) is 2.21. The van der Waals surface area contributed by atoms with E-state index in [2.05, 4.69) is 11.4 Å². The van der Waals surface area contributed by atoms with Gasteiger partial charge in [-0.3, -0.25) is 0 Å². The van der Waals surface area contributed by atoms with Crippen molar-refractivity contribution in [2.45, 2.75) is 31.8 Å². The van der Waals surface area contributed by atoms with Gasteiger partial charge in [0.2, 0.25) is 0 Å². The van der Waals surface area contributed by atoms with Crippen LogP contribution in [0.2, 0.25) is 0 Å². The monoisotopic (exact) mass is 219 g/mol. The number of rotatable bonds is 3. The molecule has 1 saturated carbocycles. The predicted molar refractivity (Wildman–Crippen MR) is 61.9 cm³/mol. The summed E-state index contributed by atoms with van der Waals surface area (Å²) in [7, 11) is 0. The van der Waals surface area contributed by atoms with Crippen LogP contribution in [0.4, 0.5) is 0 Å². The first-order valence-electron chi connectivity index (χ1n) is 6.04. The van der Waals surface area contributed by atoms with Crippen LogP contribution in [0, 0.1) is 0 Å². The van der Waals surface area contributed by atoms with E-state index in [1.807, 2.05) is 12.1 Å². The molecule has 0 atom stereocenters. The largest absolute Gasteiger partial charge is 0.486 e. The molecule has 1 aromatic rings. The van der Waals surface area contributed by atoms with Gasteiger partial charge in [0.15, 0.2) is 11.5 Å². The van der Waals surface area contributed by atoms with Crippen LogP contribution in [0.3, 0.4) is 0 Å². The van der Waals surface area contributed by atoms with Crippen LogP contribution in [-0.4, -0.2) is 19.3 Å². The lowest BCUT2D eigenvalue weighted by Crippen LogP contribution is -2.34. The van der Waals surface area contributed by atoms with Crippen molar-refractivity contribution in [3.63, 3.8) is 0 Å². The molecular weight excluding hydrogens is 202 g/mol. The summed E-state index contributed by atoms with van der Waals surface area (Å²) in [5, 5.41) is 3.55. The summed E-state index contributed by atoms with van der Waals surface area (Å²) in [6.07, 6.45) is 3.99. The average molecular weight is 219 g/mol. The Morgan fingerprint density at radius 2 is 2.06 bits per heavy atom. The Bertz CT molecular complexity index is 374. The Labute approximate surface area is 95.8 Å². The Morgan fingerprint density at radius 3 is 2.88 bits per heavy atom. The maximum atomic E-state index is 5.67. The van der Waals surface area contributed by atoms with Crippen molar-refractivity contribution >= 4 is 0 Å². The molecule has 1 aliphatic heterocycles. The number of ether oxygens (including phenoxy) is 2. The van der Waals surface area contributed by atoms with Crippen molar-refractivity contribution in [1.82, 2.24) is 5.32 Å². The fourth-order valence-electron chi connectivity index (χ4n) is 2.14. The summed E-state index contributed by atoms with van der Waals surface area (Å²) in [5.74, 6) is 1.82. The first-order valence-corrected chi connectivity index (χ1v) is 6.04. The zero-order valence-corrected chi connectivity index (χ0v) is 9.37. The zero-order valence-electron chi connectivity index (χ0n) is 9.37. The van der Waals surface area contributed by atoms with Gasteiger partial charge in [-0.2, -0.15) is 0 Å². The average Bonchev–Trinajstić information content (AvgIpc) is 2.27. The van der Waals surface area contributed by atoms with E-state index in [0.717, 1.165) is 18.0 Å². The van der Waals surface area contributed by atoms with E-state index in [-0.39, 0.29) is 0 Å². The van der Waals surface area contributed by atoms with Gasteiger partial charge in [0.1, 0.15) is 13.2 Å². The molecule has 1 heterocycles. The molecule has 0 aromatic heterocycles. The molecule has 16 heavy (non-hydrogen) atoms. The predicted octanol–water partition coefficient (Wildman–Crippen LogP) is 2.10. The molecule has 0 saturated heterocycles. The van der Waals surface area contributed by atoms with Crippen molar-refractivity contribution in [3.05, 3.63) is 23.8 Å². The van der Waals surface area contributed by atoms with Crippen molar-refractivity contribution in [2.75, 3.05) is 13.2 Å². The maximum absolute atomic E-state index is 5.67. The van der Waals surface area contributed by atoms with E-state index in [1.54, 1.807) is 0 Å². The molecule has 3 rings (SSSR count). The molecule has 0 amide bonds. The van der Waals surface area contributed by atoms with Crippen LogP contribution in [0.1, 0.15) is 24.8 Å².